The van der Waals surface area contributed by atoms with Crippen LogP contribution in [-0.4, -0.2) is 34.9 Å². The van der Waals surface area contributed by atoms with E-state index in [1.54, 1.807) is 0 Å². The third kappa shape index (κ3) is 4.75. The van der Waals surface area contributed by atoms with Crippen molar-refractivity contribution >= 4 is 5.91 Å². The highest BCUT2D eigenvalue weighted by Gasteiger charge is 2.35. The number of pyridine rings is 1. The maximum atomic E-state index is 12.7. The fraction of sp³-hybridized carbons (Fsp3) is 0.478. The Morgan fingerprint density at radius 2 is 1.78 bits per heavy atom. The molecule has 1 aromatic heterocycles. The second-order valence-corrected chi connectivity index (χ2v) is 8.10. The zero-order valence-corrected chi connectivity index (χ0v) is 15.9. The van der Waals surface area contributed by atoms with Crippen molar-refractivity contribution in [3.63, 3.8) is 0 Å². The lowest BCUT2D eigenvalue weighted by atomic mass is 9.94. The second kappa shape index (κ2) is 8.66. The summed E-state index contributed by atoms with van der Waals surface area (Å²) in [5.74, 6) is 1.14. The average Bonchev–Trinajstić information content (AvgIpc) is 3.33. The second-order valence-electron chi connectivity index (χ2n) is 8.10. The topological polar surface area (TPSA) is 45.2 Å². The van der Waals surface area contributed by atoms with Crippen molar-refractivity contribution < 1.29 is 4.79 Å². The van der Waals surface area contributed by atoms with Gasteiger partial charge < -0.3 is 5.32 Å². The van der Waals surface area contributed by atoms with E-state index in [0.29, 0.717) is 18.3 Å². The minimum Gasteiger partial charge on any atom is -0.351 e. The molecule has 1 aliphatic heterocycles. The number of nitrogens with zero attached hydrogens (tertiary/aromatic N) is 2. The molecule has 2 aliphatic rings. The molecule has 0 radical (unpaired) electrons. The normalized spacial score (nSPS) is 23.6. The van der Waals surface area contributed by atoms with E-state index in [2.05, 4.69) is 57.7 Å². The van der Waals surface area contributed by atoms with Gasteiger partial charge in [0.05, 0.1) is 0 Å². The average molecular weight is 364 g/mol. The number of nitrogens with one attached hydrogen (secondary N) is 1. The summed E-state index contributed by atoms with van der Waals surface area (Å²) in [6.45, 7) is 2.79. The fourth-order valence-corrected chi connectivity index (χ4v) is 4.69. The molecule has 2 atom stereocenters. The van der Waals surface area contributed by atoms with Crippen LogP contribution in [0.25, 0.3) is 0 Å². The molecule has 4 rings (SSSR count). The van der Waals surface area contributed by atoms with Crippen LogP contribution in [0, 0.1) is 5.92 Å². The summed E-state index contributed by atoms with van der Waals surface area (Å²) in [5, 5.41) is 3.37. The monoisotopic (exact) mass is 363 g/mol. The van der Waals surface area contributed by atoms with Gasteiger partial charge >= 0.3 is 0 Å². The van der Waals surface area contributed by atoms with Gasteiger partial charge in [0, 0.05) is 50.4 Å². The van der Waals surface area contributed by atoms with Gasteiger partial charge in [0.15, 0.2) is 0 Å². The van der Waals surface area contributed by atoms with Crippen LogP contribution in [0.15, 0.2) is 54.9 Å². The van der Waals surface area contributed by atoms with Crippen LogP contribution in [0.1, 0.15) is 49.1 Å². The third-order valence-corrected chi connectivity index (χ3v) is 6.07. The van der Waals surface area contributed by atoms with Gasteiger partial charge in [-0.25, -0.2) is 0 Å². The van der Waals surface area contributed by atoms with Gasteiger partial charge in [0.2, 0.25) is 5.91 Å². The first-order valence-corrected chi connectivity index (χ1v) is 10.2. The third-order valence-electron chi connectivity index (χ3n) is 6.07. The van der Waals surface area contributed by atoms with E-state index < -0.39 is 0 Å². The molecule has 142 valence electrons. The predicted molar refractivity (Wildman–Crippen MR) is 107 cm³/mol. The molecule has 27 heavy (non-hydrogen) atoms. The Morgan fingerprint density at radius 1 is 1.04 bits per heavy atom. The lowest BCUT2D eigenvalue weighted by Gasteiger charge is -2.21. The molecule has 1 N–H and O–H groups in total. The predicted octanol–water partition coefficient (Wildman–Crippen LogP) is 3.75. The number of aromatic nitrogens is 1. The quantitative estimate of drug-likeness (QED) is 0.850. The number of hydrogen-bond acceptors (Lipinski definition) is 3. The van der Waals surface area contributed by atoms with Gasteiger partial charge in [0.25, 0.3) is 0 Å². The minimum absolute atomic E-state index is 0.171. The highest BCUT2D eigenvalue weighted by Crippen LogP contribution is 2.30. The van der Waals surface area contributed by atoms with E-state index in [1.165, 1.54) is 36.8 Å². The molecule has 0 spiro atoms. The molecule has 1 aromatic carbocycles. The summed E-state index contributed by atoms with van der Waals surface area (Å²) in [6, 6.07) is 14.9. The molecular formula is C23H29N3O. The highest BCUT2D eigenvalue weighted by molar-refractivity contribution is 5.76. The van der Waals surface area contributed by atoms with Crippen molar-refractivity contribution in [2.75, 3.05) is 13.1 Å². The van der Waals surface area contributed by atoms with Crippen LogP contribution in [0.4, 0.5) is 0 Å². The van der Waals surface area contributed by atoms with E-state index in [9.17, 15) is 4.79 Å². The van der Waals surface area contributed by atoms with Crippen molar-refractivity contribution in [1.29, 1.82) is 0 Å². The molecule has 2 aromatic rings. The van der Waals surface area contributed by atoms with Crippen LogP contribution >= 0.6 is 0 Å². The Hall–Kier alpha value is -2.20. The van der Waals surface area contributed by atoms with Crippen LogP contribution in [0.3, 0.4) is 0 Å². The van der Waals surface area contributed by atoms with E-state index in [-0.39, 0.29) is 11.9 Å². The lowest BCUT2D eigenvalue weighted by Crippen LogP contribution is -2.40. The molecule has 1 amide bonds. The van der Waals surface area contributed by atoms with Crippen molar-refractivity contribution in [3.8, 4) is 0 Å². The standard InChI is InChI=1S/C23H29N3O/c27-23(14-18-6-4-5-7-18)25-22-17-26(15-19-8-2-1-3-9-19)16-21(22)20-10-12-24-13-11-20/h1-3,8-13,18,21-22H,4-7,14-17H2,(H,25,27)/t21-,22+/m1/s1. The molecule has 1 saturated heterocycles. The Balaban J connectivity index is 1.43. The zero-order valence-electron chi connectivity index (χ0n) is 15.9. The van der Waals surface area contributed by atoms with Crippen LogP contribution in [0.2, 0.25) is 0 Å². The van der Waals surface area contributed by atoms with Crippen LogP contribution in [-0.2, 0) is 11.3 Å². The molecule has 0 bridgehead atoms. The Bertz CT molecular complexity index is 728. The number of carbonyl (C=O) groups is 1. The summed E-state index contributed by atoms with van der Waals surface area (Å²) in [6.07, 6.45) is 9.40. The number of benzene rings is 1. The van der Waals surface area contributed by atoms with Gasteiger partial charge in [-0.2, -0.15) is 0 Å². The highest BCUT2D eigenvalue weighted by atomic mass is 16.1. The van der Waals surface area contributed by atoms with Crippen LogP contribution in [0.5, 0.6) is 0 Å². The molecule has 4 nitrogen and oxygen atoms in total. The number of rotatable bonds is 6. The molecule has 2 fully saturated rings. The first-order chi connectivity index (χ1) is 13.3. The summed E-state index contributed by atoms with van der Waals surface area (Å²) >= 11 is 0. The summed E-state index contributed by atoms with van der Waals surface area (Å²) < 4.78 is 0. The Morgan fingerprint density at radius 3 is 2.52 bits per heavy atom. The Labute approximate surface area is 162 Å². The summed E-state index contributed by atoms with van der Waals surface area (Å²) in [4.78, 5) is 19.3. The molecule has 0 unspecified atom stereocenters. The maximum absolute atomic E-state index is 12.7. The molecular weight excluding hydrogens is 334 g/mol. The summed E-state index contributed by atoms with van der Waals surface area (Å²) in [5.41, 5.74) is 2.59. The molecule has 1 saturated carbocycles. The molecule has 2 heterocycles. The van der Waals surface area contributed by atoms with Crippen molar-refractivity contribution in [2.45, 2.75) is 50.6 Å². The van der Waals surface area contributed by atoms with Crippen molar-refractivity contribution in [2.24, 2.45) is 5.92 Å². The first-order valence-electron chi connectivity index (χ1n) is 10.2. The Kier molecular flexibility index (Phi) is 5.83. The van der Waals surface area contributed by atoms with Gasteiger partial charge in [0.1, 0.15) is 0 Å². The zero-order chi connectivity index (χ0) is 18.5. The number of carbonyl (C=O) groups excluding carboxylic acids is 1. The van der Waals surface area contributed by atoms with Gasteiger partial charge in [-0.05, 0) is 42.0 Å². The van der Waals surface area contributed by atoms with Gasteiger partial charge in [-0.1, -0.05) is 43.2 Å². The number of likely N-dealkylation sites (tertiary alicyclic amines) is 1. The van der Waals surface area contributed by atoms with Crippen LogP contribution < -0.4 is 5.32 Å². The maximum Gasteiger partial charge on any atom is 0.220 e. The van der Waals surface area contributed by atoms with Crippen molar-refractivity contribution in [1.82, 2.24) is 15.2 Å². The molecule has 1 aliphatic carbocycles. The summed E-state index contributed by atoms with van der Waals surface area (Å²) in [7, 11) is 0. The number of hydrogen-bond donors (Lipinski definition) is 1. The minimum atomic E-state index is 0.171. The van der Waals surface area contributed by atoms with E-state index >= 15 is 0 Å². The molecule has 4 heteroatoms. The van der Waals surface area contributed by atoms with E-state index in [0.717, 1.165) is 19.6 Å². The van der Waals surface area contributed by atoms with E-state index in [1.807, 2.05) is 12.4 Å². The van der Waals surface area contributed by atoms with Crippen molar-refractivity contribution in [3.05, 3.63) is 66.0 Å². The van der Waals surface area contributed by atoms with Gasteiger partial charge in [-0.15, -0.1) is 0 Å². The SMILES string of the molecule is O=C(CC1CCCC1)N[C@H]1CN(Cc2ccccc2)C[C@@H]1c1ccncc1. The fourth-order valence-electron chi connectivity index (χ4n) is 4.69. The van der Waals surface area contributed by atoms with E-state index in [4.69, 9.17) is 0 Å². The largest absolute Gasteiger partial charge is 0.351 e. The lowest BCUT2D eigenvalue weighted by molar-refractivity contribution is -0.122. The first kappa shape index (κ1) is 18.2. The smallest absolute Gasteiger partial charge is 0.220 e. The van der Waals surface area contributed by atoms with Gasteiger partial charge in [-0.3, -0.25) is 14.7 Å². The number of amides is 1.